The predicted molar refractivity (Wildman–Crippen MR) is 129 cm³/mol. The van der Waals surface area contributed by atoms with E-state index in [9.17, 15) is 35.9 Å². The molecule has 1 aromatic heterocycles. The second kappa shape index (κ2) is 11.4. The van der Waals surface area contributed by atoms with E-state index in [0.29, 0.717) is 29.3 Å². The number of amides is 1. The molecular weight excluding hydrogens is 567 g/mol. The number of ether oxygens (including phenoxy) is 1. The molecule has 17 heteroatoms. The zero-order valence-corrected chi connectivity index (χ0v) is 21.1. The lowest BCUT2D eigenvalue weighted by Crippen LogP contribution is -2.60. The van der Waals surface area contributed by atoms with E-state index in [1.807, 2.05) is 5.10 Å². The van der Waals surface area contributed by atoms with Crippen LogP contribution in [-0.4, -0.2) is 57.3 Å². The van der Waals surface area contributed by atoms with E-state index < -0.39 is 83.7 Å². The molecule has 0 bridgehead atoms. The van der Waals surface area contributed by atoms with Crippen LogP contribution in [0.5, 0.6) is 5.75 Å². The maximum atomic E-state index is 15.2. The van der Waals surface area contributed by atoms with E-state index in [-0.39, 0.29) is 5.75 Å². The number of allylic oxidation sites excluding steroid dienone is 1. The Kier molecular flexibility index (Phi) is 8.26. The van der Waals surface area contributed by atoms with E-state index in [2.05, 4.69) is 15.7 Å². The Morgan fingerprint density at radius 3 is 2.54 bits per heavy atom. The smallest absolute Gasteiger partial charge is 0.416 e. The summed E-state index contributed by atoms with van der Waals surface area (Å²) >= 11 is 0. The van der Waals surface area contributed by atoms with Gasteiger partial charge in [-0.3, -0.25) is 4.79 Å². The van der Waals surface area contributed by atoms with Gasteiger partial charge in [0.2, 0.25) is 0 Å². The Morgan fingerprint density at radius 2 is 1.95 bits per heavy atom. The van der Waals surface area contributed by atoms with E-state index in [4.69, 9.17) is 10.1 Å². The number of alkyl halides is 6. The molecule has 2 heterocycles. The first kappa shape index (κ1) is 29.8. The van der Waals surface area contributed by atoms with Crippen LogP contribution in [0.3, 0.4) is 0 Å². The van der Waals surface area contributed by atoms with Crippen molar-refractivity contribution in [1.82, 2.24) is 30.8 Å². The highest BCUT2D eigenvalue weighted by molar-refractivity contribution is 6.25. The van der Waals surface area contributed by atoms with E-state index in [0.717, 1.165) is 25.0 Å². The van der Waals surface area contributed by atoms with E-state index >= 15 is 4.39 Å². The molecule has 1 saturated carbocycles. The van der Waals surface area contributed by atoms with Crippen LogP contribution in [0.4, 0.5) is 30.7 Å². The lowest BCUT2D eigenvalue weighted by atomic mass is 9.78. The number of rotatable bonds is 11. The molecule has 0 spiro atoms. The second-order valence-electron chi connectivity index (χ2n) is 9.59. The van der Waals surface area contributed by atoms with Crippen molar-refractivity contribution in [3.63, 3.8) is 0 Å². The third-order valence-corrected chi connectivity index (χ3v) is 6.51. The third-order valence-electron chi connectivity index (χ3n) is 6.51. The highest BCUT2D eigenvalue weighted by Crippen LogP contribution is 2.48. The summed E-state index contributed by atoms with van der Waals surface area (Å²) in [5.41, 5.74) is -7.34. The highest BCUT2D eigenvalue weighted by atomic mass is 19.4. The van der Waals surface area contributed by atoms with Gasteiger partial charge in [-0.15, -0.1) is 0 Å². The number of halogens is 7. The highest BCUT2D eigenvalue weighted by Gasteiger charge is 2.61. The molecule has 4 N–H and O–H groups in total. The Labute approximate surface area is 227 Å². The minimum atomic E-state index is -5.32. The first-order valence-electron chi connectivity index (χ1n) is 12.3. The van der Waals surface area contributed by atoms with Crippen molar-refractivity contribution in [3.05, 3.63) is 57.9 Å². The van der Waals surface area contributed by atoms with Gasteiger partial charge in [0.05, 0.1) is 12.3 Å². The van der Waals surface area contributed by atoms with Crippen molar-refractivity contribution in [1.29, 1.82) is 5.41 Å². The molecule has 1 atom stereocenters. The summed E-state index contributed by atoms with van der Waals surface area (Å²) in [4.78, 5) is 25.3. The van der Waals surface area contributed by atoms with Crippen LogP contribution in [0, 0.1) is 17.1 Å². The number of carbonyl (C=O) groups excluding carboxylic acids is 1. The van der Waals surface area contributed by atoms with Crippen molar-refractivity contribution in [2.45, 2.75) is 50.0 Å². The van der Waals surface area contributed by atoms with Crippen molar-refractivity contribution >= 4 is 17.3 Å². The zero-order chi connectivity index (χ0) is 30.0. The van der Waals surface area contributed by atoms with Gasteiger partial charge in [-0.2, -0.15) is 31.0 Å². The van der Waals surface area contributed by atoms with Gasteiger partial charge in [0.1, 0.15) is 17.3 Å². The number of aromatic nitrogens is 4. The Hall–Kier alpha value is -4.18. The molecule has 0 radical (unpaired) electrons. The Morgan fingerprint density at radius 1 is 1.22 bits per heavy atom. The first-order chi connectivity index (χ1) is 19.2. The number of nitrogens with one attached hydrogen (secondary N) is 4. The molecule has 41 heavy (non-hydrogen) atoms. The maximum Gasteiger partial charge on any atom is 0.416 e. The number of nitrogens with zero attached hydrogens (tertiary/aromatic N) is 3. The van der Waals surface area contributed by atoms with Gasteiger partial charge in [-0.25, -0.2) is 14.3 Å². The van der Waals surface area contributed by atoms with Gasteiger partial charge in [0.25, 0.3) is 5.91 Å². The largest absolute Gasteiger partial charge is 0.493 e. The molecule has 0 unspecified atom stereocenters. The van der Waals surface area contributed by atoms with E-state index in [1.165, 1.54) is 6.20 Å². The van der Waals surface area contributed by atoms with Gasteiger partial charge in [-0.1, -0.05) is 0 Å². The van der Waals surface area contributed by atoms with E-state index in [1.54, 1.807) is 5.32 Å². The molecular formula is C24H24F7N7O3. The molecule has 1 aromatic carbocycles. The van der Waals surface area contributed by atoms with Gasteiger partial charge in [-0.05, 0) is 60.0 Å². The lowest BCUT2D eigenvalue weighted by molar-refractivity contribution is -0.203. The van der Waals surface area contributed by atoms with Crippen molar-refractivity contribution < 1.29 is 40.3 Å². The minimum absolute atomic E-state index is 0.323. The molecule has 2 aliphatic rings. The summed E-state index contributed by atoms with van der Waals surface area (Å²) in [6.45, 7) is 0.0989. The average Bonchev–Trinajstić information content (AvgIpc) is 3.61. The molecule has 2 aromatic rings. The van der Waals surface area contributed by atoms with Crippen LogP contribution >= 0.6 is 0 Å². The predicted octanol–water partition coefficient (Wildman–Crippen LogP) is 3.55. The molecule has 222 valence electrons. The molecule has 4 rings (SSSR count). The van der Waals surface area contributed by atoms with Crippen LogP contribution in [0.1, 0.15) is 37.7 Å². The van der Waals surface area contributed by atoms with Gasteiger partial charge in [0.15, 0.2) is 5.54 Å². The number of aromatic amines is 1. The molecule has 1 aliphatic carbocycles. The van der Waals surface area contributed by atoms with Gasteiger partial charge in [0, 0.05) is 36.6 Å². The number of tetrazole rings is 1. The summed E-state index contributed by atoms with van der Waals surface area (Å²) in [7, 11) is 0. The van der Waals surface area contributed by atoms with Gasteiger partial charge < -0.3 is 20.8 Å². The molecule has 0 saturated heterocycles. The topological polar surface area (TPSA) is 138 Å². The number of carbonyl (C=O) groups is 1. The fourth-order valence-electron chi connectivity index (χ4n) is 4.25. The second-order valence-corrected chi connectivity index (χ2v) is 9.59. The van der Waals surface area contributed by atoms with Crippen LogP contribution in [0.15, 0.2) is 40.8 Å². The fourth-order valence-corrected chi connectivity index (χ4v) is 4.25. The van der Waals surface area contributed by atoms with Crippen molar-refractivity contribution in [3.8, 4) is 5.75 Å². The normalized spacial score (nSPS) is 19.9. The van der Waals surface area contributed by atoms with Crippen LogP contribution in [0.25, 0.3) is 5.70 Å². The minimum Gasteiger partial charge on any atom is -0.493 e. The fraction of sp³-hybridized carbons (Fsp3) is 0.458. The zero-order valence-electron chi connectivity index (χ0n) is 21.1. The third kappa shape index (κ3) is 6.77. The standard InChI is InChI=1S/C24H24F7N7O3/c25-17-10-14(41-9-1-7-23(26,27)28)4-5-16(17)22(24(29,30)31)11-15(18(32)6-8-33-12-13-2-3-13)19(20(39)34-22)38-21(40)35-36-37-38/h4-6,8,10,13,32-33H,1-3,7,9,11-12H2,(H,34,39)(H,35,37,40)/b8-6-,32-18?/t22-/m0/s1. The first-order valence-corrected chi connectivity index (χ1v) is 12.3. The van der Waals surface area contributed by atoms with Crippen LogP contribution in [0.2, 0.25) is 0 Å². The van der Waals surface area contributed by atoms with Crippen molar-refractivity contribution in [2.75, 3.05) is 13.2 Å². The number of H-pyrrole nitrogens is 1. The van der Waals surface area contributed by atoms with Crippen LogP contribution < -0.4 is 21.1 Å². The summed E-state index contributed by atoms with van der Waals surface area (Å²) in [6.07, 6.45) is -8.13. The summed E-state index contributed by atoms with van der Waals surface area (Å²) in [6, 6.07) is 2.19. The monoisotopic (exact) mass is 591 g/mol. The summed E-state index contributed by atoms with van der Waals surface area (Å²) < 4.78 is 102. The number of hydrogen-bond donors (Lipinski definition) is 4. The summed E-state index contributed by atoms with van der Waals surface area (Å²) in [5.74, 6) is -2.83. The van der Waals surface area contributed by atoms with Gasteiger partial charge >= 0.3 is 18.0 Å². The Balaban J connectivity index is 1.70. The Bertz CT molecular complexity index is 1420. The molecule has 1 fully saturated rings. The molecule has 1 amide bonds. The average molecular weight is 591 g/mol. The number of benzene rings is 1. The molecule has 1 aliphatic heterocycles. The number of hydrogen-bond acceptors (Lipinski definition) is 7. The molecule has 10 nitrogen and oxygen atoms in total. The maximum absolute atomic E-state index is 15.2. The summed E-state index contributed by atoms with van der Waals surface area (Å²) in [5, 5.41) is 21.7. The van der Waals surface area contributed by atoms with Crippen molar-refractivity contribution in [2.24, 2.45) is 5.92 Å². The quantitative estimate of drug-likeness (QED) is 0.179. The SMILES string of the molecule is N=C(/C=C\NCC1CC1)C1=C(n2nn[nH]c2=O)C(=O)N[C@@](c2ccc(OCCCC(F)(F)F)cc2F)(C(F)(F)F)C1. The lowest BCUT2D eigenvalue weighted by Gasteiger charge is -2.41. The van der Waals surface area contributed by atoms with Crippen LogP contribution in [-0.2, 0) is 10.3 Å².